The molecule has 0 saturated heterocycles. The van der Waals surface area contributed by atoms with Crippen LogP contribution in [-0.2, 0) is 0 Å². The quantitative estimate of drug-likeness (QED) is 0.659. The van der Waals surface area contributed by atoms with E-state index in [1.54, 1.807) is 6.07 Å². The molecular formula is C9H12ClFO. The standard InChI is InChI=1S/C7H6ClFO.C2H6/c1-10-7-3-2-5(8)4-6(7)9;1-2/h2-4H,1H3;1-2H3. The molecule has 12 heavy (non-hydrogen) atoms. The lowest BCUT2D eigenvalue weighted by Gasteiger charge is -1.99. The first-order valence-electron chi connectivity index (χ1n) is 3.73. The Morgan fingerprint density at radius 2 is 1.92 bits per heavy atom. The van der Waals surface area contributed by atoms with Crippen molar-refractivity contribution in [3.05, 3.63) is 29.0 Å². The van der Waals surface area contributed by atoms with Crippen LogP contribution in [0.25, 0.3) is 0 Å². The van der Waals surface area contributed by atoms with Crippen molar-refractivity contribution in [2.24, 2.45) is 0 Å². The normalized spacial score (nSPS) is 8.42. The maximum absolute atomic E-state index is 12.6. The van der Waals surface area contributed by atoms with E-state index in [-0.39, 0.29) is 5.75 Å². The third kappa shape index (κ3) is 3.09. The summed E-state index contributed by atoms with van der Waals surface area (Å²) >= 11 is 5.48. The van der Waals surface area contributed by atoms with Crippen LogP contribution >= 0.6 is 11.6 Å². The summed E-state index contributed by atoms with van der Waals surface area (Å²) in [6.07, 6.45) is 0. The molecule has 1 aromatic rings. The van der Waals surface area contributed by atoms with Gasteiger partial charge in [-0.25, -0.2) is 4.39 Å². The van der Waals surface area contributed by atoms with Crippen molar-refractivity contribution < 1.29 is 9.13 Å². The molecule has 0 radical (unpaired) electrons. The van der Waals surface area contributed by atoms with Gasteiger partial charge in [-0.1, -0.05) is 25.4 Å². The smallest absolute Gasteiger partial charge is 0.166 e. The minimum absolute atomic E-state index is 0.212. The second-order valence-corrected chi connectivity index (χ2v) is 2.22. The molecule has 0 spiro atoms. The van der Waals surface area contributed by atoms with Gasteiger partial charge in [0.25, 0.3) is 0 Å². The summed E-state index contributed by atoms with van der Waals surface area (Å²) in [6.45, 7) is 4.00. The molecule has 1 aromatic carbocycles. The molecule has 0 aliphatic carbocycles. The monoisotopic (exact) mass is 190 g/mol. The zero-order chi connectivity index (χ0) is 9.56. The van der Waals surface area contributed by atoms with Gasteiger partial charge in [0.15, 0.2) is 11.6 Å². The van der Waals surface area contributed by atoms with Crippen molar-refractivity contribution in [2.45, 2.75) is 13.8 Å². The van der Waals surface area contributed by atoms with E-state index in [4.69, 9.17) is 11.6 Å². The van der Waals surface area contributed by atoms with Crippen molar-refractivity contribution in [1.29, 1.82) is 0 Å². The molecule has 0 fully saturated rings. The van der Waals surface area contributed by atoms with Crippen LogP contribution in [0.1, 0.15) is 13.8 Å². The van der Waals surface area contributed by atoms with Crippen molar-refractivity contribution >= 4 is 11.6 Å². The molecule has 0 unspecified atom stereocenters. The summed E-state index contributed by atoms with van der Waals surface area (Å²) in [5.41, 5.74) is 0. The van der Waals surface area contributed by atoms with Crippen molar-refractivity contribution in [3.8, 4) is 5.75 Å². The molecule has 1 nitrogen and oxygen atoms in total. The fourth-order valence-electron chi connectivity index (χ4n) is 0.641. The Morgan fingerprint density at radius 3 is 2.33 bits per heavy atom. The number of methoxy groups -OCH3 is 1. The minimum Gasteiger partial charge on any atom is -0.494 e. The zero-order valence-corrected chi connectivity index (χ0v) is 8.15. The summed E-state index contributed by atoms with van der Waals surface area (Å²) in [5, 5.41) is 0.373. The predicted molar refractivity (Wildman–Crippen MR) is 49.3 cm³/mol. The van der Waals surface area contributed by atoms with Crippen LogP contribution in [-0.4, -0.2) is 7.11 Å². The van der Waals surface area contributed by atoms with Crippen LogP contribution in [0.4, 0.5) is 4.39 Å². The molecule has 0 aromatic heterocycles. The van der Waals surface area contributed by atoms with Crippen LogP contribution in [0.2, 0.25) is 5.02 Å². The largest absolute Gasteiger partial charge is 0.494 e. The van der Waals surface area contributed by atoms with Crippen molar-refractivity contribution in [3.63, 3.8) is 0 Å². The fourth-order valence-corrected chi connectivity index (χ4v) is 0.800. The van der Waals surface area contributed by atoms with E-state index >= 15 is 0 Å². The Morgan fingerprint density at radius 1 is 1.33 bits per heavy atom. The van der Waals surface area contributed by atoms with Gasteiger partial charge in [-0.3, -0.25) is 0 Å². The molecule has 0 saturated carbocycles. The Bertz CT molecular complexity index is 238. The molecule has 0 aliphatic heterocycles. The highest BCUT2D eigenvalue weighted by molar-refractivity contribution is 6.30. The summed E-state index contributed by atoms with van der Waals surface area (Å²) in [6, 6.07) is 4.27. The Kier molecular flexibility index (Phi) is 5.47. The molecule has 0 amide bonds. The maximum Gasteiger partial charge on any atom is 0.166 e. The van der Waals surface area contributed by atoms with E-state index in [1.807, 2.05) is 13.8 Å². The summed E-state index contributed by atoms with van der Waals surface area (Å²) in [5.74, 6) is -0.223. The number of ether oxygens (including phenoxy) is 1. The predicted octanol–water partition coefficient (Wildman–Crippen LogP) is 3.51. The average molecular weight is 191 g/mol. The molecule has 3 heteroatoms. The molecular weight excluding hydrogens is 179 g/mol. The van der Waals surface area contributed by atoms with Gasteiger partial charge in [-0.05, 0) is 18.2 Å². The van der Waals surface area contributed by atoms with Crippen LogP contribution in [0.5, 0.6) is 5.75 Å². The number of benzene rings is 1. The highest BCUT2D eigenvalue weighted by Crippen LogP contribution is 2.19. The second-order valence-electron chi connectivity index (χ2n) is 1.78. The van der Waals surface area contributed by atoms with Gasteiger partial charge in [-0.2, -0.15) is 0 Å². The Hall–Kier alpha value is -0.760. The molecule has 0 heterocycles. The van der Waals surface area contributed by atoms with E-state index in [0.717, 1.165) is 0 Å². The highest BCUT2D eigenvalue weighted by Gasteiger charge is 2.00. The number of halogens is 2. The van der Waals surface area contributed by atoms with Gasteiger partial charge in [0.1, 0.15) is 0 Å². The molecule has 0 bridgehead atoms. The van der Waals surface area contributed by atoms with Crippen LogP contribution in [0.3, 0.4) is 0 Å². The van der Waals surface area contributed by atoms with Gasteiger partial charge in [0, 0.05) is 5.02 Å². The Labute approximate surface area is 77.1 Å². The SMILES string of the molecule is CC.COc1ccc(Cl)cc1F. The summed E-state index contributed by atoms with van der Waals surface area (Å²) < 4.78 is 17.3. The van der Waals surface area contributed by atoms with Gasteiger partial charge >= 0.3 is 0 Å². The van der Waals surface area contributed by atoms with Gasteiger partial charge in [-0.15, -0.1) is 0 Å². The first-order valence-corrected chi connectivity index (χ1v) is 4.11. The van der Waals surface area contributed by atoms with E-state index in [2.05, 4.69) is 4.74 Å². The second kappa shape index (κ2) is 5.84. The number of hydrogen-bond acceptors (Lipinski definition) is 1. The van der Waals surface area contributed by atoms with Crippen LogP contribution < -0.4 is 4.74 Å². The minimum atomic E-state index is -0.435. The summed E-state index contributed by atoms with van der Waals surface area (Å²) in [4.78, 5) is 0. The van der Waals surface area contributed by atoms with Gasteiger partial charge < -0.3 is 4.74 Å². The first-order chi connectivity index (χ1) is 5.74. The molecule has 0 N–H and O–H groups in total. The maximum atomic E-state index is 12.6. The van der Waals surface area contributed by atoms with Crippen molar-refractivity contribution in [1.82, 2.24) is 0 Å². The molecule has 0 atom stereocenters. The topological polar surface area (TPSA) is 9.23 Å². The summed E-state index contributed by atoms with van der Waals surface area (Å²) in [7, 11) is 1.41. The van der Waals surface area contributed by atoms with E-state index in [9.17, 15) is 4.39 Å². The van der Waals surface area contributed by atoms with Gasteiger partial charge in [0.05, 0.1) is 7.11 Å². The first kappa shape index (κ1) is 11.2. The fraction of sp³-hybridized carbons (Fsp3) is 0.333. The highest BCUT2D eigenvalue weighted by atomic mass is 35.5. The number of rotatable bonds is 1. The lowest BCUT2D eigenvalue weighted by atomic mass is 10.3. The van der Waals surface area contributed by atoms with Crippen molar-refractivity contribution in [2.75, 3.05) is 7.11 Å². The third-order valence-corrected chi connectivity index (χ3v) is 1.35. The zero-order valence-electron chi connectivity index (χ0n) is 7.40. The third-order valence-electron chi connectivity index (χ3n) is 1.11. The molecule has 1 rings (SSSR count). The molecule has 0 aliphatic rings. The van der Waals surface area contributed by atoms with E-state index in [1.165, 1.54) is 19.2 Å². The van der Waals surface area contributed by atoms with E-state index < -0.39 is 5.82 Å². The average Bonchev–Trinajstić information content (AvgIpc) is 2.08. The van der Waals surface area contributed by atoms with Gasteiger partial charge in [0.2, 0.25) is 0 Å². The van der Waals surface area contributed by atoms with Crippen LogP contribution in [0.15, 0.2) is 18.2 Å². The molecule has 68 valence electrons. The lowest BCUT2D eigenvalue weighted by Crippen LogP contribution is -1.86. The number of hydrogen-bond donors (Lipinski definition) is 0. The van der Waals surface area contributed by atoms with E-state index in [0.29, 0.717) is 5.02 Å². The lowest BCUT2D eigenvalue weighted by molar-refractivity contribution is 0.386. The Balaban J connectivity index is 0.000000561. The van der Waals surface area contributed by atoms with Crippen LogP contribution in [0, 0.1) is 5.82 Å².